The monoisotopic (exact) mass is 924 g/mol. The second-order valence-electron chi connectivity index (χ2n) is 21.0. The number of carbonyl (C=O) groups excluding carboxylic acids is 2. The number of aliphatic imine (C=N–C) groups is 1. The SMILES string of the molecule is CC(=O)OC1CCc2cc(c(O)c3c2CCC2CCCC2O3)CN2CC(Cc3ccccc3)(CC2=O)C2C#CCC3CCC4(CCCC4(NC(N)=NC2)SSCCCCCCC(O)C1)C3. The predicted octanol–water partition coefficient (Wildman–Crippen LogP) is 9.40. The van der Waals surface area contributed by atoms with Crippen LogP contribution in [0.15, 0.2) is 41.4 Å². The fourth-order valence-corrected chi connectivity index (χ4v) is 16.7. The van der Waals surface area contributed by atoms with Crippen LogP contribution in [-0.2, 0) is 40.1 Å². The zero-order valence-corrected chi connectivity index (χ0v) is 40.3. The number of carbonyl (C=O) groups is 2. The zero-order valence-electron chi connectivity index (χ0n) is 38.6. The molecule has 0 radical (unpaired) electrons. The van der Waals surface area contributed by atoms with Crippen LogP contribution in [0.2, 0.25) is 0 Å². The lowest BCUT2D eigenvalue weighted by Gasteiger charge is -2.44. The van der Waals surface area contributed by atoms with E-state index >= 15 is 0 Å². The Morgan fingerprint density at radius 3 is 2.74 bits per heavy atom. The van der Waals surface area contributed by atoms with Gasteiger partial charge in [-0.3, -0.25) is 14.6 Å². The number of nitrogens with one attached hydrogen (secondary N) is 1. The summed E-state index contributed by atoms with van der Waals surface area (Å²) in [5, 5.41) is 27.4. The number of nitrogens with two attached hydrogens (primary N) is 1. The summed E-state index contributed by atoms with van der Waals surface area (Å²) >= 11 is 0. The maximum atomic E-state index is 14.6. The van der Waals surface area contributed by atoms with Gasteiger partial charge >= 0.3 is 5.97 Å². The molecule has 8 bridgehead atoms. The van der Waals surface area contributed by atoms with Crippen LogP contribution in [0.3, 0.4) is 0 Å². The Balaban J connectivity index is 1.09. The van der Waals surface area contributed by atoms with E-state index in [2.05, 4.69) is 47.5 Å². The van der Waals surface area contributed by atoms with E-state index in [4.69, 9.17) is 20.2 Å². The summed E-state index contributed by atoms with van der Waals surface area (Å²) in [5.74, 6) is 10.1. The van der Waals surface area contributed by atoms with E-state index < -0.39 is 17.6 Å². The highest BCUT2D eigenvalue weighted by Crippen LogP contribution is 2.64. The van der Waals surface area contributed by atoms with Gasteiger partial charge in [-0.15, -0.1) is 5.92 Å². The topological polar surface area (TPSA) is 147 Å². The number of hydrogen-bond donors (Lipinski definition) is 4. The molecule has 12 heteroatoms. The molecule has 3 saturated carbocycles. The van der Waals surface area contributed by atoms with Crippen molar-refractivity contribution in [1.29, 1.82) is 0 Å². The van der Waals surface area contributed by atoms with Gasteiger partial charge in [-0.1, -0.05) is 77.1 Å². The highest BCUT2D eigenvalue weighted by Gasteiger charge is 2.59. The van der Waals surface area contributed by atoms with Gasteiger partial charge < -0.3 is 35.6 Å². The molecule has 7 aliphatic rings. The number of esters is 1. The maximum absolute atomic E-state index is 14.6. The van der Waals surface area contributed by atoms with Gasteiger partial charge in [0.2, 0.25) is 5.91 Å². The Morgan fingerprint density at radius 1 is 1.02 bits per heavy atom. The first kappa shape index (κ1) is 46.6. The molecule has 65 heavy (non-hydrogen) atoms. The van der Waals surface area contributed by atoms with Crippen molar-refractivity contribution < 1.29 is 29.3 Å². The number of amides is 1. The molecular weight excluding hydrogens is 853 g/mol. The average Bonchev–Trinajstić information content (AvgIpc) is 4.04. The van der Waals surface area contributed by atoms with Crippen LogP contribution in [0.1, 0.15) is 151 Å². The summed E-state index contributed by atoms with van der Waals surface area (Å²) in [6.45, 7) is 2.54. The second kappa shape index (κ2) is 20.4. The van der Waals surface area contributed by atoms with Crippen LogP contribution in [0.25, 0.3) is 0 Å². The normalized spacial score (nSPS) is 34.6. The minimum atomic E-state index is -0.567. The van der Waals surface area contributed by atoms with Crippen molar-refractivity contribution in [3.8, 4) is 23.3 Å². The van der Waals surface area contributed by atoms with Crippen molar-refractivity contribution in [2.24, 2.45) is 39.3 Å². The predicted molar refractivity (Wildman–Crippen MR) is 260 cm³/mol. The number of guanidine groups is 1. The van der Waals surface area contributed by atoms with Gasteiger partial charge in [0.1, 0.15) is 17.1 Å². The molecule has 9 atom stereocenters. The standard InChI is InChI=1S/C53H72N4O6S2/c1-36(58)62-44-21-19-40-28-41(48(61)49-45(40)22-20-39-15-10-18-46(39)63-49)34-57-35-51(32-47(57)60,30-37-12-5-4-6-13-37)42-16-9-14-38-23-26-52(31-38)24-11-25-53(52,56-50(54)55-33-42)65-64-27-8-3-2-7-17-43(59)29-44/h4-6,12-13,28,38-39,42-44,46,59,61H,2-3,7-8,10-11,14-15,17-27,29-35H2,1H3,(H3,54,55,56). The molecule has 352 valence electrons. The molecule has 5 N–H and O–H groups in total. The molecule has 3 aliphatic carbocycles. The summed E-state index contributed by atoms with van der Waals surface area (Å²) in [6, 6.07) is 12.5. The fraction of sp³-hybridized carbons (Fsp3) is 0.679. The van der Waals surface area contributed by atoms with E-state index in [0.717, 1.165) is 106 Å². The molecule has 0 aromatic heterocycles. The lowest BCUT2D eigenvalue weighted by molar-refractivity contribution is -0.148. The molecular formula is C53H72N4O6S2. The van der Waals surface area contributed by atoms with E-state index in [1.807, 2.05) is 32.6 Å². The molecule has 2 aromatic rings. The molecule has 4 heterocycles. The van der Waals surface area contributed by atoms with Crippen molar-refractivity contribution in [1.82, 2.24) is 10.2 Å². The van der Waals surface area contributed by atoms with Crippen molar-refractivity contribution in [2.75, 3.05) is 18.8 Å². The van der Waals surface area contributed by atoms with E-state index in [1.165, 1.54) is 26.2 Å². The minimum absolute atomic E-state index is 0.0387. The third-order valence-electron chi connectivity index (χ3n) is 16.5. The van der Waals surface area contributed by atoms with Crippen LogP contribution in [0.4, 0.5) is 0 Å². The number of fused-ring (bicyclic) bond motifs is 12. The third-order valence-corrected chi connectivity index (χ3v) is 19.8. The highest BCUT2D eigenvalue weighted by atomic mass is 33.1. The van der Waals surface area contributed by atoms with Crippen LogP contribution in [-0.4, -0.2) is 75.0 Å². The molecule has 1 amide bonds. The van der Waals surface area contributed by atoms with Crippen molar-refractivity contribution in [3.63, 3.8) is 0 Å². The molecule has 4 aliphatic heterocycles. The first-order valence-corrected chi connectivity index (χ1v) is 27.4. The van der Waals surface area contributed by atoms with Gasteiger partial charge in [-0.25, -0.2) is 0 Å². The quantitative estimate of drug-likeness (QED) is 0.133. The molecule has 9 unspecified atom stereocenters. The Bertz CT molecular complexity index is 2130. The van der Waals surface area contributed by atoms with Crippen molar-refractivity contribution >= 4 is 39.4 Å². The zero-order chi connectivity index (χ0) is 45.0. The molecule has 10 nitrogen and oxygen atoms in total. The third kappa shape index (κ3) is 10.3. The Labute approximate surface area is 395 Å². The average molecular weight is 925 g/mol. The summed E-state index contributed by atoms with van der Waals surface area (Å²) in [4.78, 5) is 34.0. The lowest BCUT2D eigenvalue weighted by atomic mass is 9.70. The van der Waals surface area contributed by atoms with E-state index in [-0.39, 0.29) is 46.5 Å². The molecule has 1 saturated heterocycles. The number of hydrogen-bond acceptors (Lipinski definition) is 11. The minimum Gasteiger partial charge on any atom is -0.504 e. The van der Waals surface area contributed by atoms with Gasteiger partial charge in [-0.05, 0) is 132 Å². The van der Waals surface area contributed by atoms with Crippen molar-refractivity contribution in [2.45, 2.75) is 178 Å². The highest BCUT2D eigenvalue weighted by molar-refractivity contribution is 8.77. The lowest BCUT2D eigenvalue weighted by Crippen LogP contribution is -2.56. The summed E-state index contributed by atoms with van der Waals surface area (Å²) in [7, 11) is 3.97. The van der Waals surface area contributed by atoms with Crippen LogP contribution < -0.4 is 15.8 Å². The summed E-state index contributed by atoms with van der Waals surface area (Å²) < 4.78 is 12.7. The van der Waals surface area contributed by atoms with Crippen molar-refractivity contribution in [3.05, 3.63) is 58.7 Å². The van der Waals surface area contributed by atoms with Gasteiger partial charge in [0.15, 0.2) is 17.5 Å². The second-order valence-corrected chi connectivity index (χ2v) is 23.7. The van der Waals surface area contributed by atoms with Gasteiger partial charge in [0, 0.05) is 72.9 Å². The Kier molecular flexibility index (Phi) is 14.6. The molecule has 9 rings (SSSR count). The Hall–Kier alpha value is -3.53. The summed E-state index contributed by atoms with van der Waals surface area (Å²) in [6.07, 6.45) is 19.1. The number of benzene rings is 2. The number of aliphatic hydroxyl groups is 1. The van der Waals surface area contributed by atoms with Gasteiger partial charge in [-0.2, -0.15) is 0 Å². The maximum Gasteiger partial charge on any atom is 0.302 e. The number of aryl methyl sites for hydroxylation is 1. The molecule has 4 fully saturated rings. The number of rotatable bonds is 3. The number of phenols is 1. The van der Waals surface area contributed by atoms with E-state index in [1.54, 1.807) is 0 Å². The van der Waals surface area contributed by atoms with Crippen LogP contribution >= 0.6 is 21.6 Å². The van der Waals surface area contributed by atoms with E-state index in [9.17, 15) is 19.8 Å². The Morgan fingerprint density at radius 2 is 1.88 bits per heavy atom. The number of phenolic OH excluding ortho intramolecular Hbond substituents is 1. The van der Waals surface area contributed by atoms with E-state index in [0.29, 0.717) is 80.7 Å². The summed E-state index contributed by atoms with van der Waals surface area (Å²) in [5.41, 5.74) is 10.5. The smallest absolute Gasteiger partial charge is 0.302 e. The number of aliphatic hydroxyl groups excluding tert-OH is 1. The number of ether oxygens (including phenoxy) is 2. The van der Waals surface area contributed by atoms with Crippen LogP contribution in [0, 0.1) is 40.4 Å². The number of aromatic hydroxyl groups is 1. The largest absolute Gasteiger partial charge is 0.504 e. The molecule has 2 spiro atoms. The number of nitrogens with zero attached hydrogens (tertiary/aromatic N) is 2. The fourth-order valence-electron chi connectivity index (χ4n) is 13.2. The van der Waals surface area contributed by atoms with Crippen LogP contribution in [0.5, 0.6) is 11.5 Å². The van der Waals surface area contributed by atoms with Gasteiger partial charge in [0.05, 0.1) is 12.6 Å². The first-order chi connectivity index (χ1) is 31.5. The molecule has 2 aromatic carbocycles. The first-order valence-electron chi connectivity index (χ1n) is 25.1. The van der Waals surface area contributed by atoms with Gasteiger partial charge in [0.25, 0.3) is 0 Å².